The van der Waals surface area contributed by atoms with Crippen molar-refractivity contribution >= 4 is 40.6 Å². The number of hydrogen-bond acceptors (Lipinski definition) is 1. The SMILES string of the molecule is O=C(C=C(Cl)C(Cl)Cl)c1ccccc1. The van der Waals surface area contributed by atoms with E-state index in [1.807, 2.05) is 6.07 Å². The number of benzene rings is 1. The van der Waals surface area contributed by atoms with E-state index in [0.29, 0.717) is 5.56 Å². The molecule has 0 aliphatic carbocycles. The standard InChI is InChI=1S/C10H7Cl3O/c11-8(10(12)13)6-9(14)7-4-2-1-3-5-7/h1-6,10H. The normalized spacial score (nSPS) is 11.9. The maximum Gasteiger partial charge on any atom is 0.187 e. The molecule has 0 heterocycles. The lowest BCUT2D eigenvalue weighted by molar-refractivity contribution is 0.104. The van der Waals surface area contributed by atoms with Crippen LogP contribution in [0, 0.1) is 0 Å². The number of carbonyl (C=O) groups is 1. The molecular formula is C10H7Cl3O. The van der Waals surface area contributed by atoms with Crippen molar-refractivity contribution in [3.63, 3.8) is 0 Å². The van der Waals surface area contributed by atoms with E-state index in [2.05, 4.69) is 0 Å². The van der Waals surface area contributed by atoms with E-state index in [4.69, 9.17) is 34.8 Å². The molecule has 0 aliphatic heterocycles. The molecule has 74 valence electrons. The number of rotatable bonds is 3. The van der Waals surface area contributed by atoms with E-state index < -0.39 is 4.84 Å². The van der Waals surface area contributed by atoms with Gasteiger partial charge >= 0.3 is 0 Å². The molecule has 1 rings (SSSR count). The zero-order valence-electron chi connectivity index (χ0n) is 7.08. The second-order valence-electron chi connectivity index (χ2n) is 2.56. The van der Waals surface area contributed by atoms with Crippen molar-refractivity contribution in [2.75, 3.05) is 0 Å². The van der Waals surface area contributed by atoms with E-state index in [1.165, 1.54) is 6.08 Å². The van der Waals surface area contributed by atoms with E-state index >= 15 is 0 Å². The Balaban J connectivity index is 2.83. The van der Waals surface area contributed by atoms with Crippen LogP contribution >= 0.6 is 34.8 Å². The fraction of sp³-hybridized carbons (Fsp3) is 0.100. The van der Waals surface area contributed by atoms with Gasteiger partial charge in [-0.1, -0.05) is 65.1 Å². The Morgan fingerprint density at radius 2 is 1.79 bits per heavy atom. The predicted molar refractivity (Wildman–Crippen MR) is 60.2 cm³/mol. The van der Waals surface area contributed by atoms with Gasteiger partial charge in [0.2, 0.25) is 0 Å². The minimum absolute atomic E-state index is 0.127. The Morgan fingerprint density at radius 1 is 1.21 bits per heavy atom. The third-order valence-corrected chi connectivity index (χ3v) is 2.56. The third-order valence-electron chi connectivity index (χ3n) is 1.54. The summed E-state index contributed by atoms with van der Waals surface area (Å²) in [5.41, 5.74) is 0.555. The van der Waals surface area contributed by atoms with Crippen LogP contribution in [0.25, 0.3) is 0 Å². The molecule has 0 aromatic heterocycles. The predicted octanol–water partition coefficient (Wildman–Crippen LogP) is 3.80. The van der Waals surface area contributed by atoms with Gasteiger partial charge in [0, 0.05) is 11.6 Å². The lowest BCUT2D eigenvalue weighted by Gasteiger charge is -1.98. The summed E-state index contributed by atoms with van der Waals surface area (Å²) in [4.78, 5) is 10.6. The van der Waals surface area contributed by atoms with Crippen LogP contribution < -0.4 is 0 Å². The van der Waals surface area contributed by atoms with Gasteiger partial charge in [0.1, 0.15) is 4.84 Å². The molecule has 1 aromatic carbocycles. The number of halogens is 3. The van der Waals surface area contributed by atoms with Crippen LogP contribution in [-0.2, 0) is 0 Å². The van der Waals surface area contributed by atoms with Gasteiger partial charge in [0.15, 0.2) is 5.78 Å². The van der Waals surface area contributed by atoms with E-state index in [-0.39, 0.29) is 10.8 Å². The molecule has 4 heteroatoms. The molecule has 1 nitrogen and oxygen atoms in total. The second kappa shape index (κ2) is 5.40. The first-order valence-corrected chi connectivity index (χ1v) is 5.11. The van der Waals surface area contributed by atoms with Crippen molar-refractivity contribution < 1.29 is 4.79 Å². The average molecular weight is 250 g/mol. The molecule has 0 saturated carbocycles. The lowest BCUT2D eigenvalue weighted by Crippen LogP contribution is -1.97. The molecule has 0 saturated heterocycles. The summed E-state index contributed by atoms with van der Waals surface area (Å²) >= 11 is 16.6. The zero-order valence-corrected chi connectivity index (χ0v) is 9.35. The number of ketones is 1. The maximum atomic E-state index is 11.5. The van der Waals surface area contributed by atoms with Crippen molar-refractivity contribution in [1.82, 2.24) is 0 Å². The molecule has 1 aromatic rings. The van der Waals surface area contributed by atoms with Crippen molar-refractivity contribution in [3.8, 4) is 0 Å². The molecule has 0 aliphatic rings. The Morgan fingerprint density at radius 3 is 2.29 bits per heavy atom. The number of carbonyl (C=O) groups excluding carboxylic acids is 1. The lowest BCUT2D eigenvalue weighted by atomic mass is 10.1. The summed E-state index contributed by atoms with van der Waals surface area (Å²) in [6.07, 6.45) is 1.22. The quantitative estimate of drug-likeness (QED) is 0.452. The highest BCUT2D eigenvalue weighted by atomic mass is 35.5. The highest BCUT2D eigenvalue weighted by Gasteiger charge is 2.07. The van der Waals surface area contributed by atoms with Crippen LogP contribution in [0.1, 0.15) is 10.4 Å². The average Bonchev–Trinajstić information content (AvgIpc) is 2.19. The van der Waals surface area contributed by atoms with Crippen molar-refractivity contribution in [2.45, 2.75) is 4.84 Å². The molecule has 0 radical (unpaired) electrons. The minimum Gasteiger partial charge on any atom is -0.289 e. The Bertz CT molecular complexity index is 344. The van der Waals surface area contributed by atoms with Crippen LogP contribution in [0.4, 0.5) is 0 Å². The number of allylic oxidation sites excluding steroid dienone is 2. The largest absolute Gasteiger partial charge is 0.289 e. The van der Waals surface area contributed by atoms with Gasteiger partial charge in [-0.25, -0.2) is 0 Å². The van der Waals surface area contributed by atoms with Gasteiger partial charge in [-0.3, -0.25) is 4.79 Å². The summed E-state index contributed by atoms with van der Waals surface area (Å²) in [5.74, 6) is -0.207. The second-order valence-corrected chi connectivity index (χ2v) is 4.09. The van der Waals surface area contributed by atoms with Crippen LogP contribution in [0.2, 0.25) is 0 Å². The van der Waals surface area contributed by atoms with E-state index in [0.717, 1.165) is 0 Å². The van der Waals surface area contributed by atoms with Crippen LogP contribution in [0.3, 0.4) is 0 Å². The monoisotopic (exact) mass is 248 g/mol. The first-order valence-electron chi connectivity index (χ1n) is 3.86. The molecule has 0 N–H and O–H groups in total. The highest BCUT2D eigenvalue weighted by Crippen LogP contribution is 2.18. The van der Waals surface area contributed by atoms with Gasteiger partial charge < -0.3 is 0 Å². The molecule has 0 spiro atoms. The van der Waals surface area contributed by atoms with Gasteiger partial charge in [0.05, 0.1) is 5.03 Å². The van der Waals surface area contributed by atoms with E-state index in [9.17, 15) is 4.79 Å². The van der Waals surface area contributed by atoms with Crippen molar-refractivity contribution in [1.29, 1.82) is 0 Å². The molecule has 14 heavy (non-hydrogen) atoms. The summed E-state index contributed by atoms with van der Waals surface area (Å²) in [6.45, 7) is 0. The summed E-state index contributed by atoms with van der Waals surface area (Å²) < 4.78 is 0. The zero-order chi connectivity index (χ0) is 10.6. The fourth-order valence-corrected chi connectivity index (χ4v) is 1.10. The highest BCUT2D eigenvalue weighted by molar-refractivity contribution is 6.52. The Hall–Kier alpha value is -0.500. The first kappa shape index (κ1) is 11.6. The van der Waals surface area contributed by atoms with Crippen LogP contribution in [-0.4, -0.2) is 10.6 Å². The molecule has 0 bridgehead atoms. The van der Waals surface area contributed by atoms with Crippen molar-refractivity contribution in [2.24, 2.45) is 0 Å². The number of alkyl halides is 2. The minimum atomic E-state index is -0.857. The van der Waals surface area contributed by atoms with Crippen molar-refractivity contribution in [3.05, 3.63) is 47.0 Å². The third kappa shape index (κ3) is 3.33. The van der Waals surface area contributed by atoms with Crippen LogP contribution in [0.5, 0.6) is 0 Å². The smallest absolute Gasteiger partial charge is 0.187 e. The molecule has 0 amide bonds. The number of hydrogen-bond donors (Lipinski definition) is 0. The van der Waals surface area contributed by atoms with Crippen LogP contribution in [0.15, 0.2) is 41.4 Å². The van der Waals surface area contributed by atoms with Gasteiger partial charge in [-0.15, -0.1) is 0 Å². The summed E-state index contributed by atoms with van der Waals surface area (Å²) in [6, 6.07) is 8.76. The van der Waals surface area contributed by atoms with Gasteiger partial charge in [-0.2, -0.15) is 0 Å². The molecular weight excluding hydrogens is 242 g/mol. The fourth-order valence-electron chi connectivity index (χ4n) is 0.874. The molecule has 0 atom stereocenters. The van der Waals surface area contributed by atoms with Gasteiger partial charge in [0.25, 0.3) is 0 Å². The molecule has 0 unspecified atom stereocenters. The first-order chi connectivity index (χ1) is 6.61. The maximum absolute atomic E-state index is 11.5. The van der Waals surface area contributed by atoms with Gasteiger partial charge in [-0.05, 0) is 0 Å². The molecule has 0 fully saturated rings. The summed E-state index contributed by atoms with van der Waals surface area (Å²) in [7, 11) is 0. The Kier molecular flexibility index (Phi) is 4.46. The Labute approximate surface area is 97.3 Å². The van der Waals surface area contributed by atoms with E-state index in [1.54, 1.807) is 24.3 Å². The topological polar surface area (TPSA) is 17.1 Å². The summed E-state index contributed by atoms with van der Waals surface area (Å²) in [5, 5.41) is 0.127.